The first-order chi connectivity index (χ1) is 15.5. The van der Waals surface area contributed by atoms with Crippen LogP contribution < -0.4 is 10.1 Å². The van der Waals surface area contributed by atoms with Gasteiger partial charge in [-0.25, -0.2) is 0 Å². The van der Waals surface area contributed by atoms with E-state index < -0.39 is 0 Å². The van der Waals surface area contributed by atoms with Crippen molar-refractivity contribution in [2.45, 2.75) is 19.8 Å². The van der Waals surface area contributed by atoms with E-state index in [0.717, 1.165) is 15.8 Å². The Kier molecular flexibility index (Phi) is 6.90. The maximum Gasteiger partial charge on any atom is 0.253 e. The minimum absolute atomic E-state index is 0.00765. The summed E-state index contributed by atoms with van der Waals surface area (Å²) in [6.45, 7) is 3.14. The van der Waals surface area contributed by atoms with Crippen molar-refractivity contribution in [2.75, 3.05) is 18.4 Å². The average molecular weight is 493 g/mol. The Hall–Kier alpha value is -3.12. The highest BCUT2D eigenvalue weighted by molar-refractivity contribution is 9.10. The Morgan fingerprint density at radius 1 is 0.969 bits per heavy atom. The first-order valence-electron chi connectivity index (χ1n) is 10.7. The van der Waals surface area contributed by atoms with Gasteiger partial charge in [-0.1, -0.05) is 40.2 Å². The second-order valence-electron chi connectivity index (χ2n) is 7.98. The van der Waals surface area contributed by atoms with Crippen molar-refractivity contribution in [3.63, 3.8) is 0 Å². The molecule has 0 radical (unpaired) electrons. The number of benzene rings is 3. The molecule has 164 valence electrons. The first kappa shape index (κ1) is 22.1. The molecule has 0 bridgehead atoms. The molecule has 1 heterocycles. The third-order valence-electron chi connectivity index (χ3n) is 5.61. The Bertz CT molecular complexity index is 1110. The monoisotopic (exact) mass is 492 g/mol. The van der Waals surface area contributed by atoms with Crippen molar-refractivity contribution in [3.05, 3.63) is 88.4 Å². The summed E-state index contributed by atoms with van der Waals surface area (Å²) in [6, 6.07) is 22.6. The van der Waals surface area contributed by atoms with E-state index in [-0.39, 0.29) is 17.7 Å². The van der Waals surface area contributed by atoms with Gasteiger partial charge < -0.3 is 15.0 Å². The van der Waals surface area contributed by atoms with E-state index in [4.69, 9.17) is 4.74 Å². The number of rotatable bonds is 5. The van der Waals surface area contributed by atoms with Crippen LogP contribution in [0, 0.1) is 12.8 Å². The van der Waals surface area contributed by atoms with Crippen molar-refractivity contribution in [1.29, 1.82) is 0 Å². The van der Waals surface area contributed by atoms with Crippen LogP contribution in [0.3, 0.4) is 0 Å². The molecule has 2 amide bonds. The van der Waals surface area contributed by atoms with Crippen LogP contribution in [-0.2, 0) is 4.79 Å². The van der Waals surface area contributed by atoms with E-state index in [1.165, 1.54) is 0 Å². The minimum Gasteiger partial charge on any atom is -0.455 e. The van der Waals surface area contributed by atoms with Crippen molar-refractivity contribution >= 4 is 33.4 Å². The fraction of sp³-hybridized carbons (Fsp3) is 0.231. The summed E-state index contributed by atoms with van der Waals surface area (Å²) in [7, 11) is 0. The third kappa shape index (κ3) is 5.37. The van der Waals surface area contributed by atoms with Gasteiger partial charge in [-0.2, -0.15) is 0 Å². The Morgan fingerprint density at radius 3 is 2.41 bits per heavy atom. The van der Waals surface area contributed by atoms with Crippen molar-refractivity contribution in [1.82, 2.24) is 4.90 Å². The lowest BCUT2D eigenvalue weighted by atomic mass is 9.95. The van der Waals surface area contributed by atoms with Gasteiger partial charge in [0, 0.05) is 29.0 Å². The lowest BCUT2D eigenvalue weighted by molar-refractivity contribution is -0.121. The number of anilines is 1. The number of nitrogens with zero attached hydrogens (tertiary/aromatic N) is 1. The quantitative estimate of drug-likeness (QED) is 0.472. The standard InChI is InChI=1S/C26H25BrN2O3/c1-18-5-4-6-22(17-18)32-24-8-3-2-7-23(24)28-25(30)19-13-15-29(16-14-19)26(31)20-9-11-21(27)12-10-20/h2-12,17,19H,13-16H2,1H3,(H,28,30). The second-order valence-corrected chi connectivity index (χ2v) is 8.89. The summed E-state index contributed by atoms with van der Waals surface area (Å²) in [5.74, 6) is 1.16. The summed E-state index contributed by atoms with van der Waals surface area (Å²) in [5, 5.41) is 3.02. The smallest absolute Gasteiger partial charge is 0.253 e. The third-order valence-corrected chi connectivity index (χ3v) is 6.14. The molecule has 6 heteroatoms. The van der Waals surface area contributed by atoms with Crippen LogP contribution in [0.1, 0.15) is 28.8 Å². The van der Waals surface area contributed by atoms with Crippen LogP contribution in [0.2, 0.25) is 0 Å². The highest BCUT2D eigenvalue weighted by atomic mass is 79.9. The second kappa shape index (κ2) is 10.0. The van der Waals surface area contributed by atoms with Crippen molar-refractivity contribution in [3.8, 4) is 11.5 Å². The Labute approximate surface area is 196 Å². The molecule has 32 heavy (non-hydrogen) atoms. The molecular weight excluding hydrogens is 468 g/mol. The largest absolute Gasteiger partial charge is 0.455 e. The molecule has 4 rings (SSSR count). The number of piperidine rings is 1. The predicted octanol–water partition coefficient (Wildman–Crippen LogP) is 6.04. The molecule has 1 aliphatic heterocycles. The van der Waals surface area contributed by atoms with Crippen molar-refractivity contribution in [2.24, 2.45) is 5.92 Å². The number of para-hydroxylation sites is 2. The molecule has 1 N–H and O–H groups in total. The van der Waals surface area contributed by atoms with E-state index in [1.54, 1.807) is 0 Å². The molecule has 0 aliphatic carbocycles. The normalized spacial score (nSPS) is 14.1. The summed E-state index contributed by atoms with van der Waals surface area (Å²) in [5.41, 5.74) is 2.42. The van der Waals surface area contributed by atoms with Crippen molar-refractivity contribution < 1.29 is 14.3 Å². The number of hydrogen-bond donors (Lipinski definition) is 1. The Balaban J connectivity index is 1.36. The number of likely N-dealkylation sites (tertiary alicyclic amines) is 1. The van der Waals surface area contributed by atoms with Gasteiger partial charge in [-0.3, -0.25) is 9.59 Å². The van der Waals surface area contributed by atoms with E-state index in [9.17, 15) is 9.59 Å². The van der Waals surface area contributed by atoms with Crippen LogP contribution in [-0.4, -0.2) is 29.8 Å². The molecule has 1 fully saturated rings. The van der Waals surface area contributed by atoms with Crippen LogP contribution in [0.15, 0.2) is 77.3 Å². The number of hydrogen-bond acceptors (Lipinski definition) is 3. The number of carbonyl (C=O) groups excluding carboxylic acids is 2. The maximum absolute atomic E-state index is 12.9. The lowest BCUT2D eigenvalue weighted by Crippen LogP contribution is -2.41. The SMILES string of the molecule is Cc1cccc(Oc2ccccc2NC(=O)C2CCN(C(=O)c3ccc(Br)cc3)CC2)c1. The van der Waals surface area contributed by atoms with E-state index >= 15 is 0 Å². The van der Waals surface area contributed by atoms with Gasteiger partial charge >= 0.3 is 0 Å². The number of nitrogens with one attached hydrogen (secondary N) is 1. The molecule has 3 aromatic rings. The minimum atomic E-state index is -0.143. The number of aryl methyl sites for hydroxylation is 1. The fourth-order valence-electron chi connectivity index (χ4n) is 3.82. The molecule has 0 aromatic heterocycles. The highest BCUT2D eigenvalue weighted by Crippen LogP contribution is 2.31. The maximum atomic E-state index is 12.9. The zero-order valence-corrected chi connectivity index (χ0v) is 19.5. The first-order valence-corrected chi connectivity index (χ1v) is 11.5. The molecule has 1 saturated heterocycles. The van der Waals surface area contributed by atoms with Crippen LogP contribution in [0.5, 0.6) is 11.5 Å². The van der Waals surface area contributed by atoms with E-state index in [1.807, 2.05) is 84.6 Å². The topological polar surface area (TPSA) is 58.6 Å². The van der Waals surface area contributed by atoms with E-state index in [0.29, 0.717) is 42.9 Å². The van der Waals surface area contributed by atoms with Crippen LogP contribution >= 0.6 is 15.9 Å². The number of amides is 2. The van der Waals surface area contributed by atoms with Gasteiger partial charge in [-0.15, -0.1) is 0 Å². The molecule has 5 nitrogen and oxygen atoms in total. The lowest BCUT2D eigenvalue weighted by Gasteiger charge is -2.31. The summed E-state index contributed by atoms with van der Waals surface area (Å²) in [6.07, 6.45) is 1.27. The number of halogens is 1. The summed E-state index contributed by atoms with van der Waals surface area (Å²) >= 11 is 3.39. The Morgan fingerprint density at radius 2 is 1.69 bits per heavy atom. The average Bonchev–Trinajstić information content (AvgIpc) is 2.80. The van der Waals surface area contributed by atoms with E-state index in [2.05, 4.69) is 21.2 Å². The number of ether oxygens (including phenoxy) is 1. The molecule has 1 aliphatic rings. The fourth-order valence-corrected chi connectivity index (χ4v) is 4.08. The summed E-state index contributed by atoms with van der Waals surface area (Å²) in [4.78, 5) is 27.5. The molecular formula is C26H25BrN2O3. The summed E-state index contributed by atoms with van der Waals surface area (Å²) < 4.78 is 6.95. The zero-order valence-electron chi connectivity index (χ0n) is 17.9. The highest BCUT2D eigenvalue weighted by Gasteiger charge is 2.28. The van der Waals surface area contributed by atoms with Gasteiger partial charge in [0.1, 0.15) is 5.75 Å². The van der Waals surface area contributed by atoms with Gasteiger partial charge in [0.05, 0.1) is 5.69 Å². The number of carbonyl (C=O) groups is 2. The van der Waals surface area contributed by atoms with Gasteiger partial charge in [0.25, 0.3) is 5.91 Å². The molecule has 0 atom stereocenters. The predicted molar refractivity (Wildman–Crippen MR) is 129 cm³/mol. The molecule has 0 spiro atoms. The molecule has 0 saturated carbocycles. The van der Waals surface area contributed by atoms with Crippen LogP contribution in [0.25, 0.3) is 0 Å². The van der Waals surface area contributed by atoms with Crippen LogP contribution in [0.4, 0.5) is 5.69 Å². The van der Waals surface area contributed by atoms with Gasteiger partial charge in [0.2, 0.25) is 5.91 Å². The molecule has 0 unspecified atom stereocenters. The molecule has 3 aromatic carbocycles. The van der Waals surface area contributed by atoms with Gasteiger partial charge in [0.15, 0.2) is 5.75 Å². The van der Waals surface area contributed by atoms with Gasteiger partial charge in [-0.05, 0) is 73.9 Å². The zero-order chi connectivity index (χ0) is 22.5.